The SMILES string of the molecule is Cc1noc(C)c1CN1CCN(C(C(=O)O)c2c[nH]c3ccccc23)CC1. The second-order valence-corrected chi connectivity index (χ2v) is 7.15. The smallest absolute Gasteiger partial charge is 0.325 e. The molecule has 4 rings (SSSR count). The van der Waals surface area contributed by atoms with Crippen molar-refractivity contribution in [1.82, 2.24) is 19.9 Å². The van der Waals surface area contributed by atoms with Gasteiger partial charge in [0.15, 0.2) is 0 Å². The molecule has 1 atom stereocenters. The molecular formula is C20H24N4O3. The minimum absolute atomic E-state index is 0.637. The number of H-pyrrole nitrogens is 1. The van der Waals surface area contributed by atoms with Gasteiger partial charge in [-0.15, -0.1) is 0 Å². The molecule has 2 aromatic heterocycles. The number of aromatic nitrogens is 2. The second kappa shape index (κ2) is 7.17. The molecule has 7 heteroatoms. The molecule has 1 aliphatic heterocycles. The number of aromatic amines is 1. The van der Waals surface area contributed by atoms with Crippen molar-refractivity contribution in [3.63, 3.8) is 0 Å². The van der Waals surface area contributed by atoms with Crippen LogP contribution in [0.25, 0.3) is 10.9 Å². The van der Waals surface area contributed by atoms with Crippen LogP contribution < -0.4 is 0 Å². The Bertz CT molecular complexity index is 934. The highest BCUT2D eigenvalue weighted by Gasteiger charge is 2.32. The molecule has 1 saturated heterocycles. The monoisotopic (exact) mass is 368 g/mol. The van der Waals surface area contributed by atoms with Crippen molar-refractivity contribution in [3.05, 3.63) is 53.0 Å². The second-order valence-electron chi connectivity index (χ2n) is 7.15. The van der Waals surface area contributed by atoms with Crippen LogP contribution in [0.4, 0.5) is 0 Å². The van der Waals surface area contributed by atoms with Crippen molar-refractivity contribution < 1.29 is 14.4 Å². The lowest BCUT2D eigenvalue weighted by Gasteiger charge is -2.37. The molecule has 3 heterocycles. The number of rotatable bonds is 5. The van der Waals surface area contributed by atoms with Gasteiger partial charge in [-0.2, -0.15) is 0 Å². The summed E-state index contributed by atoms with van der Waals surface area (Å²) in [4.78, 5) is 19.7. The third-order valence-electron chi connectivity index (χ3n) is 5.48. The molecule has 1 fully saturated rings. The van der Waals surface area contributed by atoms with E-state index in [1.807, 2.05) is 44.3 Å². The highest BCUT2D eigenvalue weighted by Crippen LogP contribution is 2.29. The zero-order valence-corrected chi connectivity index (χ0v) is 15.6. The van der Waals surface area contributed by atoms with Crippen molar-refractivity contribution in [2.24, 2.45) is 0 Å². The Balaban J connectivity index is 1.49. The maximum atomic E-state index is 12.1. The van der Waals surface area contributed by atoms with Gasteiger partial charge in [-0.1, -0.05) is 23.4 Å². The number of hydrogen-bond donors (Lipinski definition) is 2. The standard InChI is InChI=1S/C20H24N4O3/c1-13-17(14(2)27-22-13)12-23-7-9-24(10-8-23)19(20(25)26)16-11-21-18-6-4-3-5-15(16)18/h3-6,11,19,21H,7-10,12H2,1-2H3,(H,25,26). The number of carbonyl (C=O) groups is 1. The number of nitrogens with zero attached hydrogens (tertiary/aromatic N) is 3. The van der Waals surface area contributed by atoms with Crippen LogP contribution in [0.15, 0.2) is 35.0 Å². The summed E-state index contributed by atoms with van der Waals surface area (Å²) >= 11 is 0. The van der Waals surface area contributed by atoms with Crippen molar-refractivity contribution in [2.45, 2.75) is 26.4 Å². The van der Waals surface area contributed by atoms with Crippen LogP contribution in [0.3, 0.4) is 0 Å². The maximum absolute atomic E-state index is 12.1. The van der Waals surface area contributed by atoms with E-state index < -0.39 is 12.0 Å². The van der Waals surface area contributed by atoms with Crippen molar-refractivity contribution in [1.29, 1.82) is 0 Å². The normalized spacial score (nSPS) is 17.4. The van der Waals surface area contributed by atoms with E-state index in [4.69, 9.17) is 4.52 Å². The van der Waals surface area contributed by atoms with Crippen molar-refractivity contribution >= 4 is 16.9 Å². The average Bonchev–Trinajstić information content (AvgIpc) is 3.22. The van der Waals surface area contributed by atoms with E-state index >= 15 is 0 Å². The molecule has 142 valence electrons. The van der Waals surface area contributed by atoms with Crippen LogP contribution in [-0.4, -0.2) is 57.2 Å². The highest BCUT2D eigenvalue weighted by molar-refractivity contribution is 5.89. The molecule has 1 aromatic carbocycles. The van der Waals surface area contributed by atoms with Gasteiger partial charge in [0.1, 0.15) is 11.8 Å². The van der Waals surface area contributed by atoms with E-state index in [1.54, 1.807) is 0 Å². The summed E-state index contributed by atoms with van der Waals surface area (Å²) in [7, 11) is 0. The molecule has 27 heavy (non-hydrogen) atoms. The summed E-state index contributed by atoms with van der Waals surface area (Å²) in [5, 5.41) is 14.9. The molecule has 1 unspecified atom stereocenters. The van der Waals surface area contributed by atoms with Gasteiger partial charge < -0.3 is 14.6 Å². The summed E-state index contributed by atoms with van der Waals surface area (Å²) in [6, 6.07) is 7.21. The molecular weight excluding hydrogens is 344 g/mol. The largest absolute Gasteiger partial charge is 0.480 e. The van der Waals surface area contributed by atoms with Gasteiger partial charge in [-0.05, 0) is 19.9 Å². The number of hydrogen-bond acceptors (Lipinski definition) is 5. The lowest BCUT2D eigenvalue weighted by molar-refractivity contribution is -0.144. The van der Waals surface area contributed by atoms with Gasteiger partial charge in [0.25, 0.3) is 0 Å². The number of fused-ring (bicyclic) bond motifs is 1. The minimum Gasteiger partial charge on any atom is -0.480 e. The Hall–Kier alpha value is -2.64. The predicted molar refractivity (Wildman–Crippen MR) is 102 cm³/mol. The first-order valence-corrected chi connectivity index (χ1v) is 9.21. The summed E-state index contributed by atoms with van der Waals surface area (Å²) in [6.07, 6.45) is 1.83. The third kappa shape index (κ3) is 3.36. The van der Waals surface area contributed by atoms with Gasteiger partial charge >= 0.3 is 5.97 Å². The molecule has 1 aliphatic rings. The Labute approximate surface area is 157 Å². The third-order valence-corrected chi connectivity index (χ3v) is 5.48. The predicted octanol–water partition coefficient (Wildman–Crippen LogP) is 2.72. The fourth-order valence-corrected chi connectivity index (χ4v) is 3.94. The lowest BCUT2D eigenvalue weighted by atomic mass is 10.0. The Morgan fingerprint density at radius 3 is 2.67 bits per heavy atom. The Kier molecular flexibility index (Phi) is 4.72. The Morgan fingerprint density at radius 1 is 1.26 bits per heavy atom. The first kappa shape index (κ1) is 17.8. The molecule has 3 aromatic rings. The number of carboxylic acids is 1. The number of aryl methyl sites for hydroxylation is 2. The van der Waals surface area contributed by atoms with Crippen LogP contribution in [-0.2, 0) is 11.3 Å². The molecule has 7 nitrogen and oxygen atoms in total. The van der Waals surface area contributed by atoms with E-state index in [2.05, 4.69) is 19.9 Å². The zero-order chi connectivity index (χ0) is 19.0. The van der Waals surface area contributed by atoms with Crippen molar-refractivity contribution in [3.8, 4) is 0 Å². The molecule has 0 saturated carbocycles. The average molecular weight is 368 g/mol. The summed E-state index contributed by atoms with van der Waals surface area (Å²) < 4.78 is 5.25. The topological polar surface area (TPSA) is 85.6 Å². The van der Waals surface area contributed by atoms with Gasteiger partial charge in [0.2, 0.25) is 0 Å². The molecule has 0 radical (unpaired) electrons. The number of para-hydroxylation sites is 1. The van der Waals surface area contributed by atoms with Gasteiger partial charge in [0, 0.05) is 61.0 Å². The number of benzene rings is 1. The first-order valence-electron chi connectivity index (χ1n) is 9.21. The maximum Gasteiger partial charge on any atom is 0.325 e. The summed E-state index contributed by atoms with van der Waals surface area (Å²) in [6.45, 7) is 7.73. The number of piperazine rings is 1. The molecule has 0 amide bonds. The fourth-order valence-electron chi connectivity index (χ4n) is 3.94. The quantitative estimate of drug-likeness (QED) is 0.720. The highest BCUT2D eigenvalue weighted by atomic mass is 16.5. The van der Waals surface area contributed by atoms with E-state index in [-0.39, 0.29) is 0 Å². The van der Waals surface area contributed by atoms with Crippen LogP contribution in [0.1, 0.15) is 28.6 Å². The molecule has 0 bridgehead atoms. The van der Waals surface area contributed by atoms with Crippen LogP contribution >= 0.6 is 0 Å². The van der Waals surface area contributed by atoms with Gasteiger partial charge in [-0.25, -0.2) is 0 Å². The van der Waals surface area contributed by atoms with Crippen LogP contribution in [0, 0.1) is 13.8 Å². The number of carboxylic acid groups (broad SMARTS) is 1. The van der Waals surface area contributed by atoms with Crippen LogP contribution in [0.2, 0.25) is 0 Å². The minimum atomic E-state index is -0.807. The summed E-state index contributed by atoms with van der Waals surface area (Å²) in [5.74, 6) is 0.0519. The number of aliphatic carboxylic acids is 1. The van der Waals surface area contributed by atoms with Crippen LogP contribution in [0.5, 0.6) is 0 Å². The van der Waals surface area contributed by atoms with Gasteiger partial charge in [0.05, 0.1) is 5.69 Å². The lowest BCUT2D eigenvalue weighted by Crippen LogP contribution is -2.48. The first-order chi connectivity index (χ1) is 13.0. The molecule has 0 spiro atoms. The fraction of sp³-hybridized carbons (Fsp3) is 0.400. The Morgan fingerprint density at radius 2 is 2.00 bits per heavy atom. The van der Waals surface area contributed by atoms with E-state index in [0.717, 1.165) is 53.1 Å². The van der Waals surface area contributed by atoms with Gasteiger partial charge in [-0.3, -0.25) is 14.6 Å². The molecule has 0 aliphatic carbocycles. The van der Waals surface area contributed by atoms with E-state index in [0.29, 0.717) is 13.1 Å². The zero-order valence-electron chi connectivity index (χ0n) is 15.6. The summed E-state index contributed by atoms with van der Waals surface area (Å²) in [5.41, 5.74) is 3.86. The van der Waals surface area contributed by atoms with E-state index in [1.165, 1.54) is 0 Å². The van der Waals surface area contributed by atoms with E-state index in [9.17, 15) is 9.90 Å². The number of nitrogens with one attached hydrogen (secondary N) is 1. The molecule has 2 N–H and O–H groups in total. The van der Waals surface area contributed by atoms with Crippen molar-refractivity contribution in [2.75, 3.05) is 26.2 Å².